The van der Waals surface area contributed by atoms with Gasteiger partial charge in [0.05, 0.1) is 6.04 Å². The number of nitrogens with zero attached hydrogens (tertiary/aromatic N) is 3. The monoisotopic (exact) mass is 362 g/mol. The number of carbonyl (C=O) groups is 3. The Hall–Kier alpha value is -1.76. The Labute approximate surface area is 138 Å². The third-order valence-corrected chi connectivity index (χ3v) is 5.06. The highest BCUT2D eigenvalue weighted by molar-refractivity contribution is 7.80. The third kappa shape index (κ3) is 2.97. The number of hydrogen-bond acceptors (Lipinski definition) is 7. The van der Waals surface area contributed by atoms with E-state index in [1.54, 1.807) is 0 Å². The number of imide groups is 1. The Morgan fingerprint density at radius 3 is 2.42 bits per heavy atom. The first-order chi connectivity index (χ1) is 11.2. The van der Waals surface area contributed by atoms with Gasteiger partial charge in [0.2, 0.25) is 5.91 Å². The van der Waals surface area contributed by atoms with Crippen LogP contribution in [0.4, 0.5) is 4.79 Å². The molecular formula is C12H18N4O7S. The summed E-state index contributed by atoms with van der Waals surface area (Å²) in [5.74, 6) is 4.20. The van der Waals surface area contributed by atoms with Crippen LogP contribution >= 0.6 is 0 Å². The van der Waals surface area contributed by atoms with Crippen LogP contribution in [-0.4, -0.2) is 64.4 Å². The van der Waals surface area contributed by atoms with Gasteiger partial charge in [-0.3, -0.25) is 14.1 Å². The standard InChI is InChI=1S/C12H18N4O7S/c13-15(10(17)7-2-1-3-7)11(18)9-5-4-8-6-14(9)12(19)16(8)23-24(20,21)22/h7-9H,1-6,13H2,(H,20,21,22). The molecule has 134 valence electrons. The van der Waals surface area contributed by atoms with E-state index < -0.39 is 40.3 Å². The van der Waals surface area contributed by atoms with E-state index in [0.29, 0.717) is 22.9 Å². The predicted molar refractivity (Wildman–Crippen MR) is 76.8 cm³/mol. The molecule has 0 radical (unpaired) electrons. The van der Waals surface area contributed by atoms with Gasteiger partial charge in [0.25, 0.3) is 5.91 Å². The SMILES string of the molecule is NN(C(=O)C1CCC1)C(=O)C1CCC2CN1C(=O)N2OS(=O)(=O)O. The zero-order valence-corrected chi connectivity index (χ0v) is 13.5. The van der Waals surface area contributed by atoms with Crippen LogP contribution in [0.15, 0.2) is 0 Å². The van der Waals surface area contributed by atoms with E-state index in [9.17, 15) is 22.8 Å². The molecule has 3 aliphatic rings. The maximum Gasteiger partial charge on any atom is 0.418 e. The average molecular weight is 362 g/mol. The number of piperidine rings is 1. The average Bonchev–Trinajstić information content (AvgIpc) is 2.68. The summed E-state index contributed by atoms with van der Waals surface area (Å²) in [4.78, 5) is 37.9. The second-order valence-corrected chi connectivity index (χ2v) is 7.19. The Kier molecular flexibility index (Phi) is 4.23. The van der Waals surface area contributed by atoms with Crippen molar-refractivity contribution in [3.63, 3.8) is 0 Å². The molecule has 2 heterocycles. The normalized spacial score (nSPS) is 27.2. The second-order valence-electron chi connectivity index (χ2n) is 6.18. The summed E-state index contributed by atoms with van der Waals surface area (Å²) in [6.07, 6.45) is 2.78. The molecule has 3 rings (SSSR count). The minimum absolute atomic E-state index is 0.0518. The van der Waals surface area contributed by atoms with Crippen molar-refractivity contribution < 1.29 is 31.6 Å². The predicted octanol–water partition coefficient (Wildman–Crippen LogP) is -0.982. The van der Waals surface area contributed by atoms with Crippen molar-refractivity contribution >= 4 is 28.2 Å². The van der Waals surface area contributed by atoms with Crippen molar-refractivity contribution in [3.8, 4) is 0 Å². The maximum absolute atomic E-state index is 12.5. The molecule has 0 aromatic heterocycles. The van der Waals surface area contributed by atoms with Crippen molar-refractivity contribution in [3.05, 3.63) is 0 Å². The molecule has 0 spiro atoms. The lowest BCUT2D eigenvalue weighted by Gasteiger charge is -2.33. The Morgan fingerprint density at radius 2 is 1.88 bits per heavy atom. The molecule has 2 saturated heterocycles. The van der Waals surface area contributed by atoms with E-state index in [-0.39, 0.29) is 25.3 Å². The van der Waals surface area contributed by atoms with Crippen LogP contribution in [0.5, 0.6) is 0 Å². The van der Waals surface area contributed by atoms with Crippen molar-refractivity contribution in [2.45, 2.75) is 44.2 Å². The summed E-state index contributed by atoms with van der Waals surface area (Å²) < 4.78 is 34.7. The molecule has 2 bridgehead atoms. The number of hydroxylamine groups is 2. The van der Waals surface area contributed by atoms with Gasteiger partial charge in [-0.05, 0) is 25.7 Å². The van der Waals surface area contributed by atoms with Gasteiger partial charge in [0.15, 0.2) is 0 Å². The number of rotatable bonds is 4. The van der Waals surface area contributed by atoms with Gasteiger partial charge in [-0.15, -0.1) is 4.28 Å². The summed E-state index contributed by atoms with van der Waals surface area (Å²) in [5, 5.41) is 1.10. The molecule has 0 aromatic rings. The molecule has 1 aliphatic carbocycles. The summed E-state index contributed by atoms with van der Waals surface area (Å²) >= 11 is 0. The van der Waals surface area contributed by atoms with Crippen molar-refractivity contribution in [2.24, 2.45) is 11.8 Å². The van der Waals surface area contributed by atoms with Crippen LogP contribution in [-0.2, 0) is 24.3 Å². The highest BCUT2D eigenvalue weighted by Gasteiger charge is 2.50. The van der Waals surface area contributed by atoms with Gasteiger partial charge in [-0.2, -0.15) is 13.5 Å². The lowest BCUT2D eigenvalue weighted by atomic mass is 9.84. The van der Waals surface area contributed by atoms with Crippen molar-refractivity contribution in [2.75, 3.05) is 6.54 Å². The second kappa shape index (κ2) is 5.95. The molecule has 3 fully saturated rings. The number of urea groups is 1. The lowest BCUT2D eigenvalue weighted by Crippen LogP contribution is -2.56. The fourth-order valence-electron chi connectivity index (χ4n) is 3.21. The van der Waals surface area contributed by atoms with Gasteiger partial charge in [-0.1, -0.05) is 6.42 Å². The van der Waals surface area contributed by atoms with Gasteiger partial charge in [-0.25, -0.2) is 15.6 Å². The fraction of sp³-hybridized carbons (Fsp3) is 0.750. The first-order valence-corrected chi connectivity index (χ1v) is 8.95. The lowest BCUT2D eigenvalue weighted by molar-refractivity contribution is -0.152. The third-order valence-electron chi connectivity index (χ3n) is 4.71. The van der Waals surface area contributed by atoms with Crippen LogP contribution in [0.1, 0.15) is 32.1 Å². The summed E-state index contributed by atoms with van der Waals surface area (Å²) in [7, 11) is -4.85. The van der Waals surface area contributed by atoms with Crippen LogP contribution in [0.3, 0.4) is 0 Å². The van der Waals surface area contributed by atoms with Crippen molar-refractivity contribution in [1.82, 2.24) is 15.0 Å². The van der Waals surface area contributed by atoms with Gasteiger partial charge in [0.1, 0.15) is 6.04 Å². The van der Waals surface area contributed by atoms with Crippen LogP contribution in [0.2, 0.25) is 0 Å². The Morgan fingerprint density at radius 1 is 1.21 bits per heavy atom. The number of fused-ring (bicyclic) bond motifs is 2. The van der Waals surface area contributed by atoms with Crippen LogP contribution in [0.25, 0.3) is 0 Å². The summed E-state index contributed by atoms with van der Waals surface area (Å²) in [6.45, 7) is 0.0518. The van der Waals surface area contributed by atoms with Gasteiger partial charge >= 0.3 is 16.4 Å². The molecule has 12 heteroatoms. The van der Waals surface area contributed by atoms with E-state index >= 15 is 0 Å². The zero-order chi connectivity index (χ0) is 17.6. The molecule has 1 saturated carbocycles. The quantitative estimate of drug-likeness (QED) is 0.213. The Bertz CT molecular complexity index is 677. The highest BCUT2D eigenvalue weighted by Crippen LogP contribution is 2.32. The van der Waals surface area contributed by atoms with E-state index in [1.807, 2.05) is 0 Å². The minimum Gasteiger partial charge on any atom is -0.309 e. The first-order valence-electron chi connectivity index (χ1n) is 7.58. The topological polar surface area (TPSA) is 151 Å². The van der Waals surface area contributed by atoms with Crippen molar-refractivity contribution in [1.29, 1.82) is 0 Å². The van der Waals surface area contributed by atoms with Gasteiger partial charge < -0.3 is 4.90 Å². The molecule has 3 N–H and O–H groups in total. The molecule has 11 nitrogen and oxygen atoms in total. The molecule has 24 heavy (non-hydrogen) atoms. The maximum atomic E-state index is 12.5. The molecule has 0 aromatic carbocycles. The highest BCUT2D eigenvalue weighted by atomic mass is 32.3. The first kappa shape index (κ1) is 17.1. The van der Waals surface area contributed by atoms with E-state index in [0.717, 1.165) is 11.3 Å². The number of hydrogen-bond donors (Lipinski definition) is 2. The number of amides is 4. The number of carbonyl (C=O) groups excluding carboxylic acids is 3. The zero-order valence-electron chi connectivity index (χ0n) is 12.7. The largest absolute Gasteiger partial charge is 0.418 e. The molecule has 2 aliphatic heterocycles. The van der Waals surface area contributed by atoms with E-state index in [2.05, 4.69) is 4.28 Å². The number of hydrazine groups is 1. The molecular weight excluding hydrogens is 344 g/mol. The smallest absolute Gasteiger partial charge is 0.309 e. The molecule has 2 atom stereocenters. The Balaban J connectivity index is 1.71. The van der Waals surface area contributed by atoms with E-state index in [1.165, 1.54) is 0 Å². The van der Waals surface area contributed by atoms with Crippen LogP contribution in [0, 0.1) is 5.92 Å². The fourth-order valence-corrected chi connectivity index (χ4v) is 3.60. The van der Waals surface area contributed by atoms with Gasteiger partial charge in [0, 0.05) is 12.5 Å². The summed E-state index contributed by atoms with van der Waals surface area (Å²) in [5.41, 5.74) is 0. The minimum atomic E-state index is -4.85. The van der Waals surface area contributed by atoms with Crippen LogP contribution < -0.4 is 5.84 Å². The number of nitrogens with two attached hydrogens (primary N) is 1. The summed E-state index contributed by atoms with van der Waals surface area (Å²) in [6, 6.07) is -2.42. The van der Waals surface area contributed by atoms with E-state index in [4.69, 9.17) is 10.4 Å². The molecule has 4 amide bonds. The molecule has 2 unspecified atom stereocenters.